The lowest BCUT2D eigenvalue weighted by atomic mass is 10.2. The van der Waals surface area contributed by atoms with Crippen LogP contribution in [0.5, 0.6) is 0 Å². The summed E-state index contributed by atoms with van der Waals surface area (Å²) in [5.41, 5.74) is 1.73. The number of carbonyl (C=O) groups excluding carboxylic acids is 1. The number of nitriles is 1. The van der Waals surface area contributed by atoms with Crippen molar-refractivity contribution in [2.24, 2.45) is 0 Å². The Morgan fingerprint density at radius 2 is 2.00 bits per heavy atom. The van der Waals surface area contributed by atoms with Crippen LogP contribution in [0.1, 0.15) is 30.6 Å². The summed E-state index contributed by atoms with van der Waals surface area (Å²) in [6.45, 7) is 4.89. The maximum absolute atomic E-state index is 10.5. The smallest absolute Gasteiger partial charge is 0.150 e. The Morgan fingerprint density at radius 1 is 1.38 bits per heavy atom. The fraction of sp³-hybridized carbons (Fsp3) is 0.385. The first-order chi connectivity index (χ1) is 7.69. The number of carbonyl (C=O) groups is 1. The largest absolute Gasteiger partial charge is 0.368 e. The molecule has 0 N–H and O–H groups in total. The van der Waals surface area contributed by atoms with Crippen molar-refractivity contribution in [2.75, 3.05) is 11.4 Å². The van der Waals surface area contributed by atoms with E-state index in [-0.39, 0.29) is 0 Å². The van der Waals surface area contributed by atoms with E-state index in [9.17, 15) is 4.79 Å². The summed E-state index contributed by atoms with van der Waals surface area (Å²) in [4.78, 5) is 12.7. The molecule has 1 aromatic rings. The van der Waals surface area contributed by atoms with Crippen LogP contribution in [0.15, 0.2) is 24.3 Å². The zero-order valence-electron chi connectivity index (χ0n) is 9.68. The first kappa shape index (κ1) is 12.3. The summed E-state index contributed by atoms with van der Waals surface area (Å²) < 4.78 is 0. The molecule has 0 saturated carbocycles. The molecule has 1 aromatic carbocycles. The van der Waals surface area contributed by atoms with Crippen molar-refractivity contribution in [3.05, 3.63) is 29.8 Å². The van der Waals surface area contributed by atoms with Crippen LogP contribution in [0.4, 0.5) is 5.69 Å². The summed E-state index contributed by atoms with van der Waals surface area (Å²) in [6.07, 6.45) is 1.34. The number of aldehydes is 1. The fourth-order valence-electron chi connectivity index (χ4n) is 1.60. The van der Waals surface area contributed by atoms with Crippen molar-refractivity contribution >= 4 is 12.0 Å². The average molecular weight is 216 g/mol. The standard InChI is InChI=1S/C13H16N2O/c1-11(2)15(9-3-8-14)13-6-4-12(10-16)5-7-13/h4-7,10-11H,3,9H2,1-2H3. The molecular formula is C13H16N2O. The third-order valence-corrected chi connectivity index (χ3v) is 2.45. The topological polar surface area (TPSA) is 44.1 Å². The number of hydrogen-bond acceptors (Lipinski definition) is 3. The molecular weight excluding hydrogens is 200 g/mol. The number of nitrogens with zero attached hydrogens (tertiary/aromatic N) is 2. The second-order valence-corrected chi connectivity index (χ2v) is 3.90. The Bertz CT molecular complexity index is 376. The molecule has 84 valence electrons. The van der Waals surface area contributed by atoms with E-state index in [0.717, 1.165) is 12.0 Å². The van der Waals surface area contributed by atoms with Crippen LogP contribution in [-0.2, 0) is 0 Å². The minimum absolute atomic E-state index is 0.343. The van der Waals surface area contributed by atoms with Gasteiger partial charge in [0.1, 0.15) is 6.29 Å². The Hall–Kier alpha value is -1.82. The van der Waals surface area contributed by atoms with E-state index in [1.807, 2.05) is 12.1 Å². The lowest BCUT2D eigenvalue weighted by Gasteiger charge is -2.28. The zero-order valence-corrected chi connectivity index (χ0v) is 9.68. The highest BCUT2D eigenvalue weighted by Crippen LogP contribution is 2.17. The molecule has 0 aliphatic heterocycles. The van der Waals surface area contributed by atoms with Crippen LogP contribution in [0.3, 0.4) is 0 Å². The molecule has 3 heteroatoms. The van der Waals surface area contributed by atoms with E-state index in [1.165, 1.54) is 0 Å². The van der Waals surface area contributed by atoms with Gasteiger partial charge >= 0.3 is 0 Å². The van der Waals surface area contributed by atoms with E-state index in [2.05, 4.69) is 24.8 Å². The quantitative estimate of drug-likeness (QED) is 0.711. The number of rotatable bonds is 5. The van der Waals surface area contributed by atoms with Gasteiger partial charge in [0, 0.05) is 23.8 Å². The molecule has 0 spiro atoms. The lowest BCUT2D eigenvalue weighted by molar-refractivity contribution is 0.112. The van der Waals surface area contributed by atoms with Gasteiger partial charge < -0.3 is 4.90 Å². The Balaban J connectivity index is 2.84. The molecule has 0 bridgehead atoms. The van der Waals surface area contributed by atoms with Crippen LogP contribution >= 0.6 is 0 Å². The Morgan fingerprint density at radius 3 is 2.44 bits per heavy atom. The molecule has 0 unspecified atom stereocenters. The third kappa shape index (κ3) is 3.09. The molecule has 0 aromatic heterocycles. The van der Waals surface area contributed by atoms with Crippen molar-refractivity contribution < 1.29 is 4.79 Å². The van der Waals surface area contributed by atoms with Gasteiger partial charge in [0.25, 0.3) is 0 Å². The summed E-state index contributed by atoms with van der Waals surface area (Å²) in [5.74, 6) is 0. The van der Waals surface area contributed by atoms with Crippen molar-refractivity contribution in [3.8, 4) is 6.07 Å². The van der Waals surface area contributed by atoms with Gasteiger partial charge in [-0.05, 0) is 38.1 Å². The summed E-state index contributed by atoms with van der Waals surface area (Å²) in [6, 6.07) is 9.92. The minimum atomic E-state index is 0.343. The van der Waals surface area contributed by atoms with Gasteiger partial charge in [-0.2, -0.15) is 5.26 Å². The molecule has 0 aliphatic rings. The number of hydrogen-bond donors (Lipinski definition) is 0. The van der Waals surface area contributed by atoms with Crippen LogP contribution in [0.2, 0.25) is 0 Å². The van der Waals surface area contributed by atoms with Gasteiger partial charge in [0.05, 0.1) is 12.5 Å². The molecule has 0 aliphatic carbocycles. The molecule has 16 heavy (non-hydrogen) atoms. The van der Waals surface area contributed by atoms with Crippen LogP contribution < -0.4 is 4.90 Å². The summed E-state index contributed by atoms with van der Waals surface area (Å²) in [7, 11) is 0. The predicted molar refractivity (Wildman–Crippen MR) is 64.5 cm³/mol. The van der Waals surface area contributed by atoms with Gasteiger partial charge in [-0.25, -0.2) is 0 Å². The van der Waals surface area contributed by atoms with E-state index in [0.29, 0.717) is 24.6 Å². The molecule has 0 atom stereocenters. The molecule has 0 radical (unpaired) electrons. The normalized spacial score (nSPS) is 9.88. The molecule has 3 nitrogen and oxygen atoms in total. The molecule has 0 heterocycles. The summed E-state index contributed by atoms with van der Waals surface area (Å²) in [5, 5.41) is 8.60. The maximum atomic E-state index is 10.5. The van der Waals surface area contributed by atoms with E-state index < -0.39 is 0 Å². The zero-order chi connectivity index (χ0) is 12.0. The highest BCUT2D eigenvalue weighted by Gasteiger charge is 2.09. The van der Waals surface area contributed by atoms with Crippen LogP contribution in [-0.4, -0.2) is 18.9 Å². The van der Waals surface area contributed by atoms with Crippen LogP contribution in [0.25, 0.3) is 0 Å². The first-order valence-corrected chi connectivity index (χ1v) is 5.38. The van der Waals surface area contributed by atoms with E-state index in [1.54, 1.807) is 12.1 Å². The maximum Gasteiger partial charge on any atom is 0.150 e. The van der Waals surface area contributed by atoms with E-state index >= 15 is 0 Å². The van der Waals surface area contributed by atoms with Crippen molar-refractivity contribution in [1.82, 2.24) is 0 Å². The minimum Gasteiger partial charge on any atom is -0.368 e. The monoisotopic (exact) mass is 216 g/mol. The Labute approximate surface area is 96.3 Å². The molecule has 0 fully saturated rings. The van der Waals surface area contributed by atoms with Gasteiger partial charge in [-0.1, -0.05) is 0 Å². The van der Waals surface area contributed by atoms with Gasteiger partial charge in [-0.15, -0.1) is 0 Å². The number of anilines is 1. The highest BCUT2D eigenvalue weighted by molar-refractivity contribution is 5.75. The van der Waals surface area contributed by atoms with Gasteiger partial charge in [0.15, 0.2) is 0 Å². The van der Waals surface area contributed by atoms with Crippen LogP contribution in [0, 0.1) is 11.3 Å². The second-order valence-electron chi connectivity index (χ2n) is 3.90. The lowest BCUT2D eigenvalue weighted by Crippen LogP contribution is -2.31. The second kappa shape index (κ2) is 5.92. The SMILES string of the molecule is CC(C)N(CCC#N)c1ccc(C=O)cc1. The highest BCUT2D eigenvalue weighted by atomic mass is 16.1. The fourth-order valence-corrected chi connectivity index (χ4v) is 1.60. The molecule has 0 amide bonds. The molecule has 1 rings (SSSR count). The van der Waals surface area contributed by atoms with Gasteiger partial charge in [-0.3, -0.25) is 4.79 Å². The third-order valence-electron chi connectivity index (χ3n) is 2.45. The predicted octanol–water partition coefficient (Wildman–Crippen LogP) is 2.63. The average Bonchev–Trinajstić information content (AvgIpc) is 2.30. The van der Waals surface area contributed by atoms with E-state index in [4.69, 9.17) is 5.26 Å². The van der Waals surface area contributed by atoms with Crippen molar-refractivity contribution in [2.45, 2.75) is 26.3 Å². The Kier molecular flexibility index (Phi) is 4.53. The van der Waals surface area contributed by atoms with Crippen molar-refractivity contribution in [1.29, 1.82) is 5.26 Å². The molecule has 0 saturated heterocycles. The van der Waals surface area contributed by atoms with Gasteiger partial charge in [0.2, 0.25) is 0 Å². The summed E-state index contributed by atoms with van der Waals surface area (Å²) >= 11 is 0. The first-order valence-electron chi connectivity index (χ1n) is 5.38. The number of benzene rings is 1. The van der Waals surface area contributed by atoms with Crippen molar-refractivity contribution in [3.63, 3.8) is 0 Å².